The Morgan fingerprint density at radius 2 is 1.17 bits per heavy atom. The summed E-state index contributed by atoms with van der Waals surface area (Å²) in [5.41, 5.74) is 9.12. The summed E-state index contributed by atoms with van der Waals surface area (Å²) < 4.78 is 6.40. The molecule has 0 aliphatic carbocycles. The van der Waals surface area contributed by atoms with Crippen molar-refractivity contribution in [1.82, 2.24) is 0 Å². The molecule has 0 unspecified atom stereocenters. The lowest BCUT2D eigenvalue weighted by molar-refractivity contribution is 0.471. The van der Waals surface area contributed by atoms with Gasteiger partial charge in [-0.25, -0.2) is 0 Å². The van der Waals surface area contributed by atoms with Gasteiger partial charge in [-0.3, -0.25) is 0 Å². The minimum atomic E-state index is -0.259. The maximum Gasteiger partial charge on any atom is 0.151 e. The van der Waals surface area contributed by atoms with Gasteiger partial charge in [-0.15, -0.1) is 0 Å². The SMILES string of the molecule is CC1(C)c2cccc3c2N(c2ccccc2O3)c2cccc(N(c3ccccc3)c3ccccc3)c21. The van der Waals surface area contributed by atoms with Gasteiger partial charge in [-0.05, 0) is 60.2 Å². The van der Waals surface area contributed by atoms with E-state index in [1.807, 2.05) is 6.07 Å². The van der Waals surface area contributed by atoms with Crippen LogP contribution >= 0.6 is 0 Å². The average Bonchev–Trinajstić information content (AvgIpc) is 2.92. The smallest absolute Gasteiger partial charge is 0.151 e. The number of benzene rings is 5. The predicted octanol–water partition coefficient (Wildman–Crippen LogP) is 9.37. The number of fused-ring (bicyclic) bond motifs is 4. The summed E-state index contributed by atoms with van der Waals surface area (Å²) in [6.07, 6.45) is 0. The summed E-state index contributed by atoms with van der Waals surface area (Å²) in [6, 6.07) is 42.7. The van der Waals surface area contributed by atoms with Crippen molar-refractivity contribution in [1.29, 1.82) is 0 Å². The van der Waals surface area contributed by atoms with Crippen LogP contribution in [0.3, 0.4) is 0 Å². The van der Waals surface area contributed by atoms with E-state index < -0.39 is 0 Å². The van der Waals surface area contributed by atoms with Crippen LogP contribution in [0, 0.1) is 0 Å². The molecule has 0 bridgehead atoms. The Bertz CT molecular complexity index is 1550. The summed E-state index contributed by atoms with van der Waals surface area (Å²) in [4.78, 5) is 4.77. The summed E-state index contributed by atoms with van der Waals surface area (Å²) >= 11 is 0. The van der Waals surface area contributed by atoms with Gasteiger partial charge in [0.2, 0.25) is 0 Å². The normalized spacial score (nSPS) is 14.2. The van der Waals surface area contributed by atoms with Crippen LogP contribution in [-0.4, -0.2) is 0 Å². The topological polar surface area (TPSA) is 15.7 Å². The maximum absolute atomic E-state index is 6.40. The van der Waals surface area contributed by atoms with E-state index in [9.17, 15) is 0 Å². The highest BCUT2D eigenvalue weighted by atomic mass is 16.5. The summed E-state index contributed by atoms with van der Waals surface area (Å²) in [6.45, 7) is 4.66. The van der Waals surface area contributed by atoms with Crippen LogP contribution in [0.15, 0.2) is 121 Å². The molecule has 5 aromatic rings. The van der Waals surface area contributed by atoms with E-state index in [1.165, 1.54) is 22.5 Å². The van der Waals surface area contributed by atoms with E-state index in [2.05, 4.69) is 139 Å². The van der Waals surface area contributed by atoms with E-state index in [0.29, 0.717) is 0 Å². The monoisotopic (exact) mass is 466 g/mol. The molecular formula is C33H26N2O. The van der Waals surface area contributed by atoms with Crippen LogP contribution in [0.1, 0.15) is 25.0 Å². The highest BCUT2D eigenvalue weighted by Crippen LogP contribution is 2.61. The van der Waals surface area contributed by atoms with Gasteiger partial charge in [-0.1, -0.05) is 80.6 Å². The number of para-hydroxylation sites is 5. The number of anilines is 6. The quantitative estimate of drug-likeness (QED) is 0.258. The van der Waals surface area contributed by atoms with Crippen LogP contribution in [0.2, 0.25) is 0 Å². The maximum atomic E-state index is 6.40. The highest BCUT2D eigenvalue weighted by Gasteiger charge is 2.43. The Balaban J connectivity index is 1.55. The molecule has 174 valence electrons. The molecular weight excluding hydrogens is 440 g/mol. The Morgan fingerprint density at radius 1 is 0.583 bits per heavy atom. The standard InChI is InChI=1S/C33H26N2O/c1-33(2)25-17-11-22-30-32(25)35(26-18-9-10-21-29(26)36-30)28-20-12-19-27(31(28)33)34(23-13-5-3-6-14-23)24-15-7-4-8-16-24/h3-22H,1-2H3. The van der Waals surface area contributed by atoms with Crippen molar-refractivity contribution in [2.24, 2.45) is 0 Å². The number of hydrogen-bond donors (Lipinski definition) is 0. The van der Waals surface area contributed by atoms with Crippen LogP contribution < -0.4 is 14.5 Å². The van der Waals surface area contributed by atoms with E-state index in [4.69, 9.17) is 4.74 Å². The molecule has 3 heteroatoms. The lowest BCUT2D eigenvalue weighted by atomic mass is 9.72. The number of ether oxygens (including phenoxy) is 1. The molecule has 0 amide bonds. The van der Waals surface area contributed by atoms with Crippen molar-refractivity contribution in [2.75, 3.05) is 9.80 Å². The Morgan fingerprint density at radius 3 is 1.89 bits per heavy atom. The van der Waals surface area contributed by atoms with E-state index >= 15 is 0 Å². The zero-order valence-electron chi connectivity index (χ0n) is 20.3. The van der Waals surface area contributed by atoms with Gasteiger partial charge in [0, 0.05) is 22.4 Å². The van der Waals surface area contributed by atoms with Gasteiger partial charge < -0.3 is 14.5 Å². The van der Waals surface area contributed by atoms with Gasteiger partial charge in [0.15, 0.2) is 11.5 Å². The van der Waals surface area contributed by atoms with E-state index in [1.54, 1.807) is 0 Å². The van der Waals surface area contributed by atoms with Crippen molar-refractivity contribution in [3.8, 4) is 11.5 Å². The summed E-state index contributed by atoms with van der Waals surface area (Å²) in [5, 5.41) is 0. The van der Waals surface area contributed by atoms with E-state index in [0.717, 1.165) is 34.2 Å². The molecule has 0 fully saturated rings. The number of nitrogens with zero attached hydrogens (tertiary/aromatic N) is 2. The minimum absolute atomic E-state index is 0.259. The minimum Gasteiger partial charge on any atom is -0.453 e. The zero-order valence-corrected chi connectivity index (χ0v) is 20.3. The first-order chi connectivity index (χ1) is 17.6. The fourth-order valence-electron chi connectivity index (χ4n) is 5.81. The third kappa shape index (κ3) is 2.93. The fraction of sp³-hybridized carbons (Fsp3) is 0.0909. The van der Waals surface area contributed by atoms with Crippen LogP contribution in [0.25, 0.3) is 0 Å². The fourth-order valence-corrected chi connectivity index (χ4v) is 5.81. The molecule has 0 radical (unpaired) electrons. The first-order valence-electron chi connectivity index (χ1n) is 12.4. The zero-order chi connectivity index (χ0) is 24.3. The molecule has 5 aromatic carbocycles. The van der Waals surface area contributed by atoms with Crippen LogP contribution in [-0.2, 0) is 5.41 Å². The lowest BCUT2D eigenvalue weighted by Gasteiger charge is -2.46. The van der Waals surface area contributed by atoms with Crippen molar-refractivity contribution in [3.05, 3.63) is 132 Å². The lowest BCUT2D eigenvalue weighted by Crippen LogP contribution is -2.33. The molecule has 0 aromatic heterocycles. The van der Waals surface area contributed by atoms with Gasteiger partial charge >= 0.3 is 0 Å². The highest BCUT2D eigenvalue weighted by molar-refractivity contribution is 5.96. The van der Waals surface area contributed by atoms with Crippen LogP contribution in [0.5, 0.6) is 11.5 Å². The van der Waals surface area contributed by atoms with Crippen molar-refractivity contribution < 1.29 is 4.74 Å². The summed E-state index contributed by atoms with van der Waals surface area (Å²) in [7, 11) is 0. The molecule has 2 aliphatic heterocycles. The second-order valence-corrected chi connectivity index (χ2v) is 9.86. The molecule has 0 atom stereocenters. The molecule has 0 N–H and O–H groups in total. The van der Waals surface area contributed by atoms with Crippen molar-refractivity contribution >= 4 is 34.1 Å². The number of hydrogen-bond acceptors (Lipinski definition) is 3. The van der Waals surface area contributed by atoms with Gasteiger partial charge in [0.25, 0.3) is 0 Å². The Kier molecular flexibility index (Phi) is 4.49. The summed E-state index contributed by atoms with van der Waals surface area (Å²) in [5.74, 6) is 1.78. The average molecular weight is 467 g/mol. The third-order valence-electron chi connectivity index (χ3n) is 7.38. The first-order valence-corrected chi connectivity index (χ1v) is 12.4. The van der Waals surface area contributed by atoms with Gasteiger partial charge in [0.05, 0.1) is 22.7 Å². The molecule has 0 saturated heterocycles. The third-order valence-corrected chi connectivity index (χ3v) is 7.38. The molecule has 0 saturated carbocycles. The van der Waals surface area contributed by atoms with Crippen molar-refractivity contribution in [3.63, 3.8) is 0 Å². The molecule has 0 spiro atoms. The second-order valence-electron chi connectivity index (χ2n) is 9.86. The molecule has 2 aliphatic rings. The largest absolute Gasteiger partial charge is 0.453 e. The van der Waals surface area contributed by atoms with Gasteiger partial charge in [-0.2, -0.15) is 0 Å². The molecule has 7 rings (SSSR count). The first kappa shape index (κ1) is 20.8. The van der Waals surface area contributed by atoms with E-state index in [-0.39, 0.29) is 5.41 Å². The molecule has 3 nitrogen and oxygen atoms in total. The molecule has 2 heterocycles. The van der Waals surface area contributed by atoms with Gasteiger partial charge in [0.1, 0.15) is 0 Å². The Labute approximate surface area is 211 Å². The Hall–Kier alpha value is -4.50. The number of rotatable bonds is 3. The predicted molar refractivity (Wildman–Crippen MR) is 148 cm³/mol. The van der Waals surface area contributed by atoms with Crippen LogP contribution in [0.4, 0.5) is 34.1 Å². The second kappa shape index (κ2) is 7.76. The molecule has 36 heavy (non-hydrogen) atoms. The van der Waals surface area contributed by atoms with Crippen molar-refractivity contribution in [2.45, 2.75) is 19.3 Å².